The van der Waals surface area contributed by atoms with Crippen molar-refractivity contribution in [1.82, 2.24) is 20.4 Å². The molecule has 0 saturated heterocycles. The lowest BCUT2D eigenvalue weighted by atomic mass is 10.0. The molecule has 0 radical (unpaired) electrons. The van der Waals surface area contributed by atoms with Gasteiger partial charge in [0.2, 0.25) is 0 Å². The first-order valence-electron chi connectivity index (χ1n) is 8.79. The monoisotopic (exact) mass is 370 g/mol. The first-order chi connectivity index (χ1) is 12.7. The molecule has 2 aromatic rings. The van der Waals surface area contributed by atoms with E-state index in [2.05, 4.69) is 15.4 Å². The Morgan fingerprint density at radius 1 is 1.19 bits per heavy atom. The maximum Gasteiger partial charge on any atom is 0.292 e. The second-order valence-corrected chi connectivity index (χ2v) is 7.14. The van der Waals surface area contributed by atoms with Crippen molar-refractivity contribution in [3.8, 4) is 5.75 Å². The van der Waals surface area contributed by atoms with Crippen LogP contribution in [0.4, 0.5) is 0 Å². The maximum absolute atomic E-state index is 12.9. The number of hydrazine groups is 1. The van der Waals surface area contributed by atoms with Crippen LogP contribution in [0.5, 0.6) is 5.75 Å². The smallest absolute Gasteiger partial charge is 0.292 e. The van der Waals surface area contributed by atoms with Crippen LogP contribution < -0.4 is 10.2 Å². The number of hydrogen-bond acceptors (Lipinski definition) is 5. The molecular weight excluding hydrogens is 344 g/mol. The van der Waals surface area contributed by atoms with Gasteiger partial charge < -0.3 is 4.74 Å². The predicted molar refractivity (Wildman–Crippen MR) is 103 cm³/mol. The third-order valence-electron chi connectivity index (χ3n) is 4.04. The molecule has 0 aliphatic heterocycles. The van der Waals surface area contributed by atoms with Crippen LogP contribution in [0.2, 0.25) is 0 Å². The Morgan fingerprint density at radius 2 is 1.89 bits per heavy atom. The first kappa shape index (κ1) is 20.4. The molecule has 1 aromatic heterocycles. The molecule has 27 heavy (non-hydrogen) atoms. The van der Waals surface area contributed by atoms with Crippen LogP contribution in [0.3, 0.4) is 0 Å². The molecule has 2 amide bonds. The number of carbonyl (C=O) groups excluding carboxylic acids is 2. The van der Waals surface area contributed by atoms with E-state index in [1.807, 2.05) is 33.8 Å². The summed E-state index contributed by atoms with van der Waals surface area (Å²) in [5.74, 6) is -0.165. The summed E-state index contributed by atoms with van der Waals surface area (Å²) < 4.78 is 5.35. The summed E-state index contributed by atoms with van der Waals surface area (Å²) in [5.41, 5.74) is 4.20. The van der Waals surface area contributed by atoms with Crippen molar-refractivity contribution in [3.05, 3.63) is 53.1 Å². The quantitative estimate of drug-likeness (QED) is 0.837. The van der Waals surface area contributed by atoms with Gasteiger partial charge in [0.25, 0.3) is 11.8 Å². The van der Waals surface area contributed by atoms with Crippen LogP contribution in [0.1, 0.15) is 59.8 Å². The van der Waals surface area contributed by atoms with Gasteiger partial charge in [0.05, 0.1) is 24.5 Å². The highest BCUT2D eigenvalue weighted by molar-refractivity contribution is 5.99. The van der Waals surface area contributed by atoms with E-state index in [0.717, 1.165) is 5.56 Å². The molecule has 7 nitrogen and oxygen atoms in total. The third-order valence-corrected chi connectivity index (χ3v) is 4.04. The molecule has 7 heteroatoms. The topological polar surface area (TPSA) is 84.4 Å². The van der Waals surface area contributed by atoms with Crippen molar-refractivity contribution in [2.45, 2.75) is 46.6 Å². The highest BCUT2D eigenvalue weighted by atomic mass is 16.5. The number of hydrogen-bond donors (Lipinski definition) is 1. The van der Waals surface area contributed by atoms with Gasteiger partial charge in [0.1, 0.15) is 11.4 Å². The molecule has 0 atom stereocenters. The molecule has 144 valence electrons. The van der Waals surface area contributed by atoms with Crippen molar-refractivity contribution >= 4 is 11.8 Å². The average molecular weight is 370 g/mol. The Morgan fingerprint density at radius 3 is 2.41 bits per heavy atom. The highest BCUT2D eigenvalue weighted by Gasteiger charge is 2.31. The van der Waals surface area contributed by atoms with Crippen molar-refractivity contribution in [3.63, 3.8) is 0 Å². The Hall–Kier alpha value is -2.96. The van der Waals surface area contributed by atoms with Gasteiger partial charge >= 0.3 is 0 Å². The fraction of sp³-hybridized carbons (Fsp3) is 0.400. The molecule has 0 aliphatic carbocycles. The van der Waals surface area contributed by atoms with E-state index in [4.69, 9.17) is 4.74 Å². The van der Waals surface area contributed by atoms with E-state index in [9.17, 15) is 9.59 Å². The molecule has 0 unspecified atom stereocenters. The number of nitrogens with one attached hydrogen (secondary N) is 1. The van der Waals surface area contributed by atoms with Crippen LogP contribution in [0, 0.1) is 6.92 Å². The number of nitrogens with zero attached hydrogens (tertiary/aromatic N) is 3. The molecular formula is C20H26N4O3. The zero-order valence-corrected chi connectivity index (χ0v) is 16.7. The molecule has 1 aromatic carbocycles. The fourth-order valence-electron chi connectivity index (χ4n) is 2.64. The lowest BCUT2D eigenvalue weighted by Gasteiger charge is -2.35. The minimum Gasteiger partial charge on any atom is -0.496 e. The standard InChI is InChI=1S/C20H26N4O3/c1-7-14-15(9-8-10-17(14)27-6)18(25)23-24(20(3,4)5)19(26)16-12-21-13(2)11-22-16/h8-12H,7H2,1-6H3,(H,23,25). The highest BCUT2D eigenvalue weighted by Crippen LogP contribution is 2.23. The van der Waals surface area contributed by atoms with Gasteiger partial charge in [-0.3, -0.25) is 20.0 Å². The van der Waals surface area contributed by atoms with E-state index in [1.54, 1.807) is 26.2 Å². The van der Waals surface area contributed by atoms with Gasteiger partial charge in [0.15, 0.2) is 0 Å². The van der Waals surface area contributed by atoms with Crippen LogP contribution in [0.15, 0.2) is 30.6 Å². The first-order valence-corrected chi connectivity index (χ1v) is 8.79. The average Bonchev–Trinajstić information content (AvgIpc) is 2.64. The fourth-order valence-corrected chi connectivity index (χ4v) is 2.64. The van der Waals surface area contributed by atoms with Crippen LogP contribution in [-0.2, 0) is 6.42 Å². The van der Waals surface area contributed by atoms with Crippen LogP contribution in [-0.4, -0.2) is 39.4 Å². The second kappa shape index (κ2) is 8.16. The molecule has 0 bridgehead atoms. The number of ether oxygens (including phenoxy) is 1. The molecule has 2 rings (SSSR count). The van der Waals surface area contributed by atoms with E-state index in [0.29, 0.717) is 23.4 Å². The van der Waals surface area contributed by atoms with Crippen molar-refractivity contribution in [2.75, 3.05) is 7.11 Å². The zero-order valence-electron chi connectivity index (χ0n) is 16.7. The van der Waals surface area contributed by atoms with E-state index < -0.39 is 11.4 Å². The Balaban J connectivity index is 2.36. The lowest BCUT2D eigenvalue weighted by Crippen LogP contribution is -2.56. The number of aryl methyl sites for hydroxylation is 1. The molecule has 1 heterocycles. The van der Waals surface area contributed by atoms with Gasteiger partial charge in [0, 0.05) is 17.3 Å². The largest absolute Gasteiger partial charge is 0.496 e. The molecule has 0 spiro atoms. The third kappa shape index (κ3) is 4.61. The second-order valence-electron chi connectivity index (χ2n) is 7.14. The number of carbonyl (C=O) groups is 2. The molecule has 0 saturated carbocycles. The van der Waals surface area contributed by atoms with Crippen molar-refractivity contribution in [1.29, 1.82) is 0 Å². The number of aromatic nitrogens is 2. The number of benzene rings is 1. The summed E-state index contributed by atoms with van der Waals surface area (Å²) in [6.07, 6.45) is 3.55. The minimum absolute atomic E-state index is 0.164. The summed E-state index contributed by atoms with van der Waals surface area (Å²) in [7, 11) is 1.57. The van der Waals surface area contributed by atoms with E-state index in [-0.39, 0.29) is 11.6 Å². The predicted octanol–water partition coefficient (Wildman–Crippen LogP) is 2.94. The maximum atomic E-state index is 12.9. The van der Waals surface area contributed by atoms with Crippen LogP contribution in [0.25, 0.3) is 0 Å². The van der Waals surface area contributed by atoms with Gasteiger partial charge in [-0.05, 0) is 46.2 Å². The van der Waals surface area contributed by atoms with E-state index >= 15 is 0 Å². The summed E-state index contributed by atoms with van der Waals surface area (Å²) in [5, 5.41) is 1.29. The summed E-state index contributed by atoms with van der Waals surface area (Å²) in [6.45, 7) is 9.24. The van der Waals surface area contributed by atoms with Crippen molar-refractivity contribution < 1.29 is 14.3 Å². The molecule has 0 fully saturated rings. The Labute approximate surface area is 159 Å². The minimum atomic E-state index is -0.662. The van der Waals surface area contributed by atoms with Gasteiger partial charge in [-0.2, -0.15) is 0 Å². The Bertz CT molecular complexity index is 826. The number of methoxy groups -OCH3 is 1. The number of rotatable bonds is 4. The number of amides is 2. The normalized spacial score (nSPS) is 11.0. The van der Waals surface area contributed by atoms with Gasteiger partial charge in [-0.25, -0.2) is 9.99 Å². The summed E-state index contributed by atoms with van der Waals surface area (Å²) in [6, 6.07) is 5.28. The Kier molecular flexibility index (Phi) is 6.15. The zero-order chi connectivity index (χ0) is 20.2. The van der Waals surface area contributed by atoms with Crippen molar-refractivity contribution in [2.24, 2.45) is 0 Å². The lowest BCUT2D eigenvalue weighted by molar-refractivity contribution is 0.0353. The van der Waals surface area contributed by atoms with Crippen LogP contribution >= 0.6 is 0 Å². The van der Waals surface area contributed by atoms with Gasteiger partial charge in [-0.1, -0.05) is 13.0 Å². The molecule has 0 aliphatic rings. The van der Waals surface area contributed by atoms with Gasteiger partial charge in [-0.15, -0.1) is 0 Å². The summed E-state index contributed by atoms with van der Waals surface area (Å²) >= 11 is 0. The summed E-state index contributed by atoms with van der Waals surface area (Å²) in [4.78, 5) is 34.1. The van der Waals surface area contributed by atoms with E-state index in [1.165, 1.54) is 17.4 Å². The SMILES string of the molecule is CCc1c(OC)cccc1C(=O)NN(C(=O)c1cnc(C)cn1)C(C)(C)C. The molecule has 1 N–H and O–H groups in total.